The van der Waals surface area contributed by atoms with Gasteiger partial charge in [-0.1, -0.05) is 6.92 Å². The van der Waals surface area contributed by atoms with E-state index in [4.69, 9.17) is 0 Å². The molecule has 0 aliphatic carbocycles. The fourth-order valence-corrected chi connectivity index (χ4v) is 3.71. The van der Waals surface area contributed by atoms with E-state index >= 15 is 0 Å². The van der Waals surface area contributed by atoms with Crippen molar-refractivity contribution in [3.63, 3.8) is 0 Å². The Morgan fingerprint density at radius 2 is 2.15 bits per heavy atom. The summed E-state index contributed by atoms with van der Waals surface area (Å²) in [6.07, 6.45) is 1.09. The van der Waals surface area contributed by atoms with Crippen LogP contribution >= 0.6 is 11.8 Å². The van der Waals surface area contributed by atoms with Gasteiger partial charge in [0.05, 0.1) is 12.0 Å². The van der Waals surface area contributed by atoms with Crippen LogP contribution in [-0.4, -0.2) is 39.6 Å². The van der Waals surface area contributed by atoms with E-state index in [1.165, 1.54) is 16.7 Å². The molecule has 2 aliphatic heterocycles. The zero-order chi connectivity index (χ0) is 14.2. The van der Waals surface area contributed by atoms with Gasteiger partial charge < -0.3 is 19.9 Å². The van der Waals surface area contributed by atoms with Crippen LogP contribution in [0, 0.1) is 5.92 Å². The minimum Gasteiger partial charge on any atom is -0.550 e. The summed E-state index contributed by atoms with van der Waals surface area (Å²) in [7, 11) is 0. The minimum absolute atomic E-state index is 0. The van der Waals surface area contributed by atoms with Crippen molar-refractivity contribution in [2.45, 2.75) is 32.2 Å². The quantitative estimate of drug-likeness (QED) is 0.410. The molecule has 1 N–H and O–H groups in total. The first kappa shape index (κ1) is 17.6. The second-order valence-corrected chi connectivity index (χ2v) is 5.73. The van der Waals surface area contributed by atoms with E-state index in [0.717, 1.165) is 0 Å². The molecular formula is C12H14NNaO5S. The summed E-state index contributed by atoms with van der Waals surface area (Å²) in [4.78, 5) is 35.4. The molecule has 1 saturated heterocycles. The van der Waals surface area contributed by atoms with Gasteiger partial charge in [0.25, 0.3) is 0 Å². The van der Waals surface area contributed by atoms with Gasteiger partial charge in [0.2, 0.25) is 5.91 Å². The molecule has 0 aromatic heterocycles. The molecule has 8 heteroatoms. The predicted molar refractivity (Wildman–Crippen MR) is 65.8 cm³/mol. The van der Waals surface area contributed by atoms with Crippen LogP contribution in [0.25, 0.3) is 0 Å². The molecule has 0 unspecified atom stereocenters. The van der Waals surface area contributed by atoms with Gasteiger partial charge in [0.15, 0.2) is 0 Å². The van der Waals surface area contributed by atoms with Gasteiger partial charge in [0.1, 0.15) is 5.70 Å². The Labute approximate surface area is 142 Å². The number of rotatable bonds is 6. The average Bonchev–Trinajstić information content (AvgIpc) is 2.65. The van der Waals surface area contributed by atoms with E-state index in [-0.39, 0.29) is 65.3 Å². The van der Waals surface area contributed by atoms with E-state index < -0.39 is 11.9 Å². The number of nitrogens with zero attached hydrogens (tertiary/aromatic N) is 1. The molecule has 1 amide bonds. The fraction of sp³-hybridized carbons (Fsp3) is 0.583. The van der Waals surface area contributed by atoms with E-state index in [0.29, 0.717) is 17.7 Å². The van der Waals surface area contributed by atoms with E-state index in [1.807, 2.05) is 6.92 Å². The smallest absolute Gasteiger partial charge is 0.550 e. The van der Waals surface area contributed by atoms with Crippen LogP contribution in [0.4, 0.5) is 0 Å². The molecule has 0 aromatic carbocycles. The molecule has 1 fully saturated rings. The Bertz CT molecular complexity index is 478. The maximum absolute atomic E-state index is 11.8. The molecule has 20 heavy (non-hydrogen) atoms. The van der Waals surface area contributed by atoms with E-state index in [2.05, 4.69) is 0 Å². The second kappa shape index (κ2) is 6.98. The monoisotopic (exact) mass is 307 g/mol. The zero-order valence-corrected chi connectivity index (χ0v) is 14.2. The van der Waals surface area contributed by atoms with Crippen LogP contribution in [0.1, 0.15) is 26.2 Å². The largest absolute Gasteiger partial charge is 1.00 e. The van der Waals surface area contributed by atoms with Crippen molar-refractivity contribution in [1.82, 2.24) is 4.90 Å². The number of carboxylic acid groups (broad SMARTS) is 2. The van der Waals surface area contributed by atoms with Gasteiger partial charge in [0, 0.05) is 23.0 Å². The van der Waals surface area contributed by atoms with Crippen molar-refractivity contribution in [1.29, 1.82) is 0 Å². The summed E-state index contributed by atoms with van der Waals surface area (Å²) in [6, 6.07) is -0.0611. The van der Waals surface area contributed by atoms with Gasteiger partial charge in [-0.2, -0.15) is 0 Å². The molecule has 2 heterocycles. The second-order valence-electron chi connectivity index (χ2n) is 4.54. The third-order valence-corrected chi connectivity index (χ3v) is 4.59. The topological polar surface area (TPSA) is 97.7 Å². The molecule has 0 radical (unpaired) electrons. The van der Waals surface area contributed by atoms with Crippen LogP contribution < -0.4 is 34.7 Å². The Balaban J connectivity index is 0.00000200. The van der Waals surface area contributed by atoms with Gasteiger partial charge in [-0.3, -0.25) is 4.79 Å². The molecular weight excluding hydrogens is 293 g/mol. The molecule has 2 rings (SSSR count). The number of aliphatic carboxylic acids is 2. The number of carbonyl (C=O) groups is 3. The molecule has 2 atom stereocenters. The predicted octanol–water partition coefficient (Wildman–Crippen LogP) is -3.20. The van der Waals surface area contributed by atoms with Gasteiger partial charge in [-0.05, 0) is 12.8 Å². The summed E-state index contributed by atoms with van der Waals surface area (Å²) in [5.41, 5.74) is 0.0306. The maximum Gasteiger partial charge on any atom is 1.00 e. The Hall–Kier alpha value is -0.500. The number of β-lactam (4-membered cyclic amide) rings is 1. The van der Waals surface area contributed by atoms with Gasteiger partial charge >= 0.3 is 35.5 Å². The summed E-state index contributed by atoms with van der Waals surface area (Å²) < 4.78 is 0. The first-order valence-electron chi connectivity index (χ1n) is 6.09. The molecule has 2 aliphatic rings. The van der Waals surface area contributed by atoms with Crippen molar-refractivity contribution >= 4 is 29.6 Å². The van der Waals surface area contributed by atoms with Gasteiger partial charge in [-0.25, -0.2) is 4.79 Å². The Morgan fingerprint density at radius 1 is 1.50 bits per heavy atom. The standard InChI is InChI=1S/C12H15NO5S.Na/c1-2-6-7-5-8(19-4-3-9(14)15)10(12(17)18)13(7)11(6)16;/h6-7H,2-5H2,1H3,(H,14,15)(H,17,18);/q;+1/p-1/t6-,7-;/m1./s1. The number of thioether (sulfide) groups is 1. The summed E-state index contributed by atoms with van der Waals surface area (Å²) in [6.45, 7) is 1.90. The third-order valence-electron chi connectivity index (χ3n) is 3.48. The molecule has 0 aromatic rings. The number of hydrogen-bond donors (Lipinski definition) is 1. The van der Waals surface area contributed by atoms with Crippen molar-refractivity contribution in [3.8, 4) is 0 Å². The number of hydrogen-bond acceptors (Lipinski definition) is 5. The zero-order valence-electron chi connectivity index (χ0n) is 11.4. The van der Waals surface area contributed by atoms with Crippen molar-refractivity contribution < 1.29 is 54.2 Å². The normalized spacial score (nSPS) is 24.1. The van der Waals surface area contributed by atoms with Crippen LogP contribution in [0.15, 0.2) is 10.6 Å². The summed E-state index contributed by atoms with van der Waals surface area (Å²) in [5, 5.41) is 19.6. The van der Waals surface area contributed by atoms with E-state index in [9.17, 15) is 24.6 Å². The molecule has 0 spiro atoms. The van der Waals surface area contributed by atoms with Crippen LogP contribution in [0.3, 0.4) is 0 Å². The molecule has 0 saturated carbocycles. The number of carbonyl (C=O) groups excluding carboxylic acids is 2. The van der Waals surface area contributed by atoms with Crippen LogP contribution in [-0.2, 0) is 14.4 Å². The van der Waals surface area contributed by atoms with Crippen molar-refractivity contribution in [2.24, 2.45) is 5.92 Å². The van der Waals surface area contributed by atoms with Crippen molar-refractivity contribution in [2.75, 3.05) is 5.75 Å². The molecule has 0 bridgehead atoms. The third kappa shape index (κ3) is 3.05. The minimum atomic E-state index is -1.16. The maximum atomic E-state index is 11.8. The van der Waals surface area contributed by atoms with Crippen LogP contribution in [0.2, 0.25) is 0 Å². The first-order valence-corrected chi connectivity index (χ1v) is 7.08. The molecule has 104 valence electrons. The van der Waals surface area contributed by atoms with Crippen molar-refractivity contribution in [3.05, 3.63) is 10.6 Å². The Morgan fingerprint density at radius 3 is 2.65 bits per heavy atom. The fourth-order valence-electron chi connectivity index (χ4n) is 2.59. The number of carboxylic acids is 2. The SMILES string of the molecule is CC[C@H]1C(=O)N2C(C(=O)O)=C(SCCC(=O)[O-])C[C@H]12.[Na+]. The molecule has 6 nitrogen and oxygen atoms in total. The first-order chi connectivity index (χ1) is 8.97. The Kier molecular flexibility index (Phi) is 6.12. The average molecular weight is 307 g/mol. The number of fused-ring (bicyclic) bond motifs is 1. The summed E-state index contributed by atoms with van der Waals surface area (Å²) >= 11 is 1.19. The van der Waals surface area contributed by atoms with E-state index in [1.54, 1.807) is 0 Å². The summed E-state index contributed by atoms with van der Waals surface area (Å²) in [5.74, 6) is -2.26. The van der Waals surface area contributed by atoms with Crippen LogP contribution in [0.5, 0.6) is 0 Å². The number of amides is 1. The van der Waals surface area contributed by atoms with Gasteiger partial charge in [-0.15, -0.1) is 11.8 Å².